The van der Waals surface area contributed by atoms with Crippen LogP contribution >= 0.6 is 0 Å². The van der Waals surface area contributed by atoms with Gasteiger partial charge >= 0.3 is 12.1 Å². The SMILES string of the molecule is CC(C)(C)OC(=O)N1CCC(CCN2Cc3ccc(C(=O)O)cc3C2=O)CC1. The lowest BCUT2D eigenvalue weighted by Gasteiger charge is -2.34. The van der Waals surface area contributed by atoms with E-state index in [4.69, 9.17) is 9.84 Å². The van der Waals surface area contributed by atoms with E-state index in [1.165, 1.54) is 6.07 Å². The number of likely N-dealkylation sites (tertiary alicyclic amines) is 1. The summed E-state index contributed by atoms with van der Waals surface area (Å²) < 4.78 is 5.42. The molecule has 2 heterocycles. The number of carboxylic acids is 1. The van der Waals surface area contributed by atoms with Crippen LogP contribution in [0.4, 0.5) is 4.79 Å². The van der Waals surface area contributed by atoms with Gasteiger partial charge in [-0.1, -0.05) is 6.07 Å². The smallest absolute Gasteiger partial charge is 0.410 e. The third-order valence-corrected chi connectivity index (χ3v) is 5.31. The molecule has 0 atom stereocenters. The Kier molecular flexibility index (Phi) is 5.63. The Morgan fingerprint density at radius 2 is 1.89 bits per heavy atom. The molecule has 1 N–H and O–H groups in total. The van der Waals surface area contributed by atoms with Gasteiger partial charge in [-0.05, 0) is 63.6 Å². The van der Waals surface area contributed by atoms with Crippen molar-refractivity contribution in [3.63, 3.8) is 0 Å². The number of rotatable bonds is 4. The fourth-order valence-corrected chi connectivity index (χ4v) is 3.74. The zero-order valence-electron chi connectivity index (χ0n) is 16.7. The molecule has 0 unspecified atom stereocenters. The number of carbonyl (C=O) groups excluding carboxylic acids is 2. The summed E-state index contributed by atoms with van der Waals surface area (Å²) in [5, 5.41) is 9.10. The van der Waals surface area contributed by atoms with Crippen LogP contribution in [0.3, 0.4) is 0 Å². The standard InChI is InChI=1S/C21H28N2O5/c1-21(2,3)28-20(27)22-9-6-14(7-10-22)8-11-23-13-16-5-4-15(19(25)26)12-17(16)18(23)24/h4-5,12,14H,6-11,13H2,1-3H3,(H,25,26). The summed E-state index contributed by atoms with van der Waals surface area (Å²) in [4.78, 5) is 39.4. The number of carboxylic acid groups (broad SMARTS) is 1. The summed E-state index contributed by atoms with van der Waals surface area (Å²) in [7, 11) is 0. The molecule has 1 fully saturated rings. The van der Waals surface area contributed by atoms with Crippen LogP contribution in [0.5, 0.6) is 0 Å². The number of nitrogens with zero attached hydrogens (tertiary/aromatic N) is 2. The number of ether oxygens (including phenoxy) is 1. The van der Waals surface area contributed by atoms with Crippen molar-refractivity contribution in [2.45, 2.75) is 52.2 Å². The summed E-state index contributed by atoms with van der Waals surface area (Å²) in [6.07, 6.45) is 2.42. The minimum absolute atomic E-state index is 0.0932. The van der Waals surface area contributed by atoms with Gasteiger partial charge < -0.3 is 19.6 Å². The van der Waals surface area contributed by atoms with Gasteiger partial charge in [-0.3, -0.25) is 4.79 Å². The maximum Gasteiger partial charge on any atom is 0.410 e. The van der Waals surface area contributed by atoms with Crippen molar-refractivity contribution >= 4 is 18.0 Å². The first-order chi connectivity index (χ1) is 13.1. The maximum atomic E-state index is 12.6. The van der Waals surface area contributed by atoms with Crippen molar-refractivity contribution in [3.8, 4) is 0 Å². The predicted octanol–water partition coefficient (Wildman–Crippen LogP) is 3.38. The lowest BCUT2D eigenvalue weighted by molar-refractivity contribution is 0.0178. The number of benzene rings is 1. The lowest BCUT2D eigenvalue weighted by atomic mass is 9.93. The molecular weight excluding hydrogens is 360 g/mol. The number of fused-ring (bicyclic) bond motifs is 1. The van der Waals surface area contributed by atoms with Gasteiger partial charge in [-0.25, -0.2) is 9.59 Å². The van der Waals surface area contributed by atoms with E-state index < -0.39 is 11.6 Å². The Hall–Kier alpha value is -2.57. The molecule has 2 amide bonds. The topological polar surface area (TPSA) is 87.2 Å². The highest BCUT2D eigenvalue weighted by atomic mass is 16.6. The first kappa shape index (κ1) is 20.2. The first-order valence-electron chi connectivity index (χ1n) is 9.77. The number of carbonyl (C=O) groups is 3. The van der Waals surface area contributed by atoms with E-state index >= 15 is 0 Å². The Labute approximate surface area is 165 Å². The van der Waals surface area contributed by atoms with Crippen molar-refractivity contribution in [3.05, 3.63) is 34.9 Å². The average Bonchev–Trinajstić information content (AvgIpc) is 2.94. The summed E-state index contributed by atoms with van der Waals surface area (Å²) in [5.41, 5.74) is 1.04. The molecule has 0 spiro atoms. The molecule has 1 saturated heterocycles. The Bertz CT molecular complexity index is 775. The fraction of sp³-hybridized carbons (Fsp3) is 0.571. The van der Waals surface area contributed by atoms with Crippen molar-refractivity contribution < 1.29 is 24.2 Å². The highest BCUT2D eigenvalue weighted by molar-refractivity contribution is 6.00. The highest BCUT2D eigenvalue weighted by Crippen LogP contribution is 2.27. The van der Waals surface area contributed by atoms with E-state index in [0.717, 1.165) is 24.8 Å². The van der Waals surface area contributed by atoms with E-state index in [-0.39, 0.29) is 17.6 Å². The van der Waals surface area contributed by atoms with Crippen molar-refractivity contribution in [1.29, 1.82) is 0 Å². The van der Waals surface area contributed by atoms with Crippen LogP contribution in [0.1, 0.15) is 66.3 Å². The summed E-state index contributed by atoms with van der Waals surface area (Å²) >= 11 is 0. The molecule has 0 saturated carbocycles. The second-order valence-electron chi connectivity index (χ2n) is 8.60. The van der Waals surface area contributed by atoms with Crippen LogP contribution < -0.4 is 0 Å². The number of hydrogen-bond acceptors (Lipinski definition) is 4. The van der Waals surface area contributed by atoms with Crippen molar-refractivity contribution in [1.82, 2.24) is 9.80 Å². The Balaban J connectivity index is 1.48. The fourth-order valence-electron chi connectivity index (χ4n) is 3.74. The zero-order valence-corrected chi connectivity index (χ0v) is 16.7. The summed E-state index contributed by atoms with van der Waals surface area (Å²) in [6.45, 7) is 8.12. The molecule has 7 heteroatoms. The van der Waals surface area contributed by atoms with E-state index in [9.17, 15) is 14.4 Å². The molecule has 0 bridgehead atoms. The minimum Gasteiger partial charge on any atom is -0.478 e. The number of amides is 2. The average molecular weight is 388 g/mol. The third kappa shape index (κ3) is 4.64. The van der Waals surface area contributed by atoms with Crippen molar-refractivity contribution in [2.24, 2.45) is 5.92 Å². The van der Waals surface area contributed by atoms with Gasteiger partial charge in [-0.2, -0.15) is 0 Å². The van der Waals surface area contributed by atoms with Crippen LogP contribution in [0.2, 0.25) is 0 Å². The highest BCUT2D eigenvalue weighted by Gasteiger charge is 2.30. The molecule has 1 aromatic rings. The molecule has 28 heavy (non-hydrogen) atoms. The molecule has 2 aliphatic rings. The van der Waals surface area contributed by atoms with Gasteiger partial charge in [0, 0.05) is 31.7 Å². The number of aromatic carboxylic acids is 1. The largest absolute Gasteiger partial charge is 0.478 e. The predicted molar refractivity (Wildman–Crippen MR) is 103 cm³/mol. The molecule has 152 valence electrons. The normalized spacial score (nSPS) is 17.6. The monoisotopic (exact) mass is 388 g/mol. The molecule has 0 aliphatic carbocycles. The molecule has 1 aromatic carbocycles. The van der Waals surface area contributed by atoms with Gasteiger partial charge in [0.2, 0.25) is 0 Å². The third-order valence-electron chi connectivity index (χ3n) is 5.31. The summed E-state index contributed by atoms with van der Waals surface area (Å²) in [5.74, 6) is -0.653. The van der Waals surface area contributed by atoms with E-state index in [0.29, 0.717) is 37.7 Å². The quantitative estimate of drug-likeness (QED) is 0.854. The van der Waals surface area contributed by atoms with Crippen molar-refractivity contribution in [2.75, 3.05) is 19.6 Å². The first-order valence-corrected chi connectivity index (χ1v) is 9.77. The van der Waals surface area contributed by atoms with Crippen LogP contribution in [0.15, 0.2) is 18.2 Å². The van der Waals surface area contributed by atoms with Gasteiger partial charge in [0.25, 0.3) is 5.91 Å². The summed E-state index contributed by atoms with van der Waals surface area (Å²) in [6, 6.07) is 4.75. The Morgan fingerprint density at radius 3 is 2.50 bits per heavy atom. The lowest BCUT2D eigenvalue weighted by Crippen LogP contribution is -2.42. The molecule has 0 aromatic heterocycles. The Morgan fingerprint density at radius 1 is 1.21 bits per heavy atom. The second kappa shape index (κ2) is 7.81. The molecule has 0 radical (unpaired) electrons. The maximum absolute atomic E-state index is 12.6. The van der Waals surface area contributed by atoms with E-state index in [1.54, 1.807) is 21.9 Å². The van der Waals surface area contributed by atoms with Crippen LogP contribution in [-0.2, 0) is 11.3 Å². The molecular formula is C21H28N2O5. The van der Waals surface area contributed by atoms with Gasteiger partial charge in [-0.15, -0.1) is 0 Å². The molecule has 2 aliphatic heterocycles. The van der Waals surface area contributed by atoms with Gasteiger partial charge in [0.1, 0.15) is 5.60 Å². The molecule has 7 nitrogen and oxygen atoms in total. The van der Waals surface area contributed by atoms with Crippen LogP contribution in [-0.4, -0.2) is 58.1 Å². The number of hydrogen-bond donors (Lipinski definition) is 1. The second-order valence-corrected chi connectivity index (χ2v) is 8.60. The van der Waals surface area contributed by atoms with Crippen LogP contribution in [0.25, 0.3) is 0 Å². The van der Waals surface area contributed by atoms with E-state index in [2.05, 4.69) is 0 Å². The van der Waals surface area contributed by atoms with Crippen LogP contribution in [0, 0.1) is 5.92 Å². The van der Waals surface area contributed by atoms with E-state index in [1.807, 2.05) is 20.8 Å². The molecule has 3 rings (SSSR count). The number of piperidine rings is 1. The van der Waals surface area contributed by atoms with Gasteiger partial charge in [0.15, 0.2) is 0 Å². The zero-order chi connectivity index (χ0) is 20.5. The van der Waals surface area contributed by atoms with Gasteiger partial charge in [0.05, 0.1) is 5.56 Å². The minimum atomic E-state index is -1.02.